The molecule has 16 heavy (non-hydrogen) atoms. The third-order valence-electron chi connectivity index (χ3n) is 3.08. The molecule has 0 heterocycles. The van der Waals surface area contributed by atoms with Crippen LogP contribution >= 0.6 is 0 Å². The summed E-state index contributed by atoms with van der Waals surface area (Å²) in [5.41, 5.74) is 1.43. The summed E-state index contributed by atoms with van der Waals surface area (Å²) in [5, 5.41) is 10.1. The number of benzene rings is 1. The minimum Gasteiger partial charge on any atom is -0.386 e. The first-order valence-corrected chi connectivity index (χ1v) is 5.60. The van der Waals surface area contributed by atoms with Gasteiger partial charge in [0.1, 0.15) is 11.9 Å². The van der Waals surface area contributed by atoms with Gasteiger partial charge < -0.3 is 9.84 Å². The van der Waals surface area contributed by atoms with Gasteiger partial charge in [-0.05, 0) is 48.9 Å². The quantitative estimate of drug-likeness (QED) is 0.851. The van der Waals surface area contributed by atoms with Gasteiger partial charge >= 0.3 is 0 Å². The molecule has 1 aromatic carbocycles. The average molecular weight is 224 g/mol. The van der Waals surface area contributed by atoms with Gasteiger partial charge in [0.2, 0.25) is 0 Å². The van der Waals surface area contributed by atoms with Crippen molar-refractivity contribution in [2.75, 3.05) is 7.11 Å². The van der Waals surface area contributed by atoms with Crippen molar-refractivity contribution in [1.82, 2.24) is 0 Å². The highest BCUT2D eigenvalue weighted by Crippen LogP contribution is 2.39. The normalized spacial score (nSPS) is 19.5. The number of aliphatic hydroxyl groups is 1. The van der Waals surface area contributed by atoms with E-state index in [0.29, 0.717) is 11.5 Å². The van der Waals surface area contributed by atoms with Gasteiger partial charge in [-0.25, -0.2) is 4.39 Å². The van der Waals surface area contributed by atoms with E-state index in [1.807, 2.05) is 13.0 Å². The fraction of sp³-hybridized carbons (Fsp3) is 0.538. The lowest BCUT2D eigenvalue weighted by Gasteiger charge is -2.22. The summed E-state index contributed by atoms with van der Waals surface area (Å²) in [5.74, 6) is 0.114. The SMILES string of the molecule is COC(C1CC1)C(O)c1cc(C)cc(F)c1. The highest BCUT2D eigenvalue weighted by Gasteiger charge is 2.36. The molecular weight excluding hydrogens is 207 g/mol. The van der Waals surface area contributed by atoms with E-state index in [1.54, 1.807) is 7.11 Å². The maximum absolute atomic E-state index is 13.2. The Kier molecular flexibility index (Phi) is 3.26. The number of aryl methyl sites for hydroxylation is 1. The van der Waals surface area contributed by atoms with Gasteiger partial charge in [-0.1, -0.05) is 6.07 Å². The van der Waals surface area contributed by atoms with E-state index < -0.39 is 6.10 Å². The first-order chi connectivity index (χ1) is 7.61. The molecule has 1 N–H and O–H groups in total. The number of hydrogen-bond donors (Lipinski definition) is 1. The van der Waals surface area contributed by atoms with E-state index in [9.17, 15) is 9.50 Å². The molecule has 1 saturated carbocycles. The van der Waals surface area contributed by atoms with Crippen molar-refractivity contribution in [1.29, 1.82) is 0 Å². The highest BCUT2D eigenvalue weighted by atomic mass is 19.1. The molecule has 0 amide bonds. The third kappa shape index (κ3) is 2.42. The van der Waals surface area contributed by atoms with E-state index in [1.165, 1.54) is 12.1 Å². The van der Waals surface area contributed by atoms with Crippen LogP contribution in [-0.4, -0.2) is 18.3 Å². The van der Waals surface area contributed by atoms with E-state index in [4.69, 9.17) is 4.74 Å². The second-order valence-corrected chi connectivity index (χ2v) is 4.54. The smallest absolute Gasteiger partial charge is 0.123 e. The Morgan fingerprint density at radius 2 is 2.06 bits per heavy atom. The van der Waals surface area contributed by atoms with Crippen molar-refractivity contribution in [2.24, 2.45) is 5.92 Å². The molecule has 2 nitrogen and oxygen atoms in total. The van der Waals surface area contributed by atoms with Crippen LogP contribution in [-0.2, 0) is 4.74 Å². The zero-order chi connectivity index (χ0) is 11.7. The topological polar surface area (TPSA) is 29.5 Å². The van der Waals surface area contributed by atoms with Gasteiger partial charge in [-0.15, -0.1) is 0 Å². The van der Waals surface area contributed by atoms with E-state index in [-0.39, 0.29) is 11.9 Å². The molecule has 2 atom stereocenters. The lowest BCUT2D eigenvalue weighted by Crippen LogP contribution is -2.23. The van der Waals surface area contributed by atoms with E-state index in [2.05, 4.69) is 0 Å². The predicted octanol–water partition coefficient (Wildman–Crippen LogP) is 2.59. The Morgan fingerprint density at radius 1 is 1.38 bits per heavy atom. The Morgan fingerprint density at radius 3 is 2.56 bits per heavy atom. The molecule has 2 unspecified atom stereocenters. The molecule has 0 bridgehead atoms. The van der Waals surface area contributed by atoms with Crippen LogP contribution in [0, 0.1) is 18.7 Å². The molecule has 0 aliphatic heterocycles. The van der Waals surface area contributed by atoms with E-state index >= 15 is 0 Å². The molecule has 1 aliphatic rings. The summed E-state index contributed by atoms with van der Waals surface area (Å²) in [7, 11) is 1.60. The molecule has 3 heteroatoms. The molecule has 0 saturated heterocycles. The molecular formula is C13H17FO2. The Labute approximate surface area is 95.1 Å². The van der Waals surface area contributed by atoms with Gasteiger partial charge in [-0.2, -0.15) is 0 Å². The van der Waals surface area contributed by atoms with Crippen LogP contribution in [0.5, 0.6) is 0 Å². The fourth-order valence-corrected chi connectivity index (χ4v) is 2.13. The van der Waals surface area contributed by atoms with Crippen molar-refractivity contribution < 1.29 is 14.2 Å². The summed E-state index contributed by atoms with van der Waals surface area (Å²) in [4.78, 5) is 0. The second-order valence-electron chi connectivity index (χ2n) is 4.54. The lowest BCUT2D eigenvalue weighted by atomic mass is 9.99. The highest BCUT2D eigenvalue weighted by molar-refractivity contribution is 5.26. The van der Waals surface area contributed by atoms with Crippen molar-refractivity contribution in [2.45, 2.75) is 32.0 Å². The molecule has 2 rings (SSSR count). The maximum atomic E-state index is 13.2. The number of halogens is 1. The molecule has 0 aromatic heterocycles. The summed E-state index contributed by atoms with van der Waals surface area (Å²) < 4.78 is 18.5. The summed E-state index contributed by atoms with van der Waals surface area (Å²) in [6, 6.07) is 4.64. The van der Waals surface area contributed by atoms with Gasteiger partial charge in [0.05, 0.1) is 6.10 Å². The third-order valence-corrected chi connectivity index (χ3v) is 3.08. The minimum absolute atomic E-state index is 0.207. The van der Waals surface area contributed by atoms with Crippen molar-refractivity contribution in [3.05, 3.63) is 35.1 Å². The number of methoxy groups -OCH3 is 1. The number of rotatable bonds is 4. The standard InChI is InChI=1S/C13H17FO2/c1-8-5-10(7-11(14)6-8)12(15)13(16-2)9-3-4-9/h5-7,9,12-13,15H,3-4H2,1-2H3. The van der Waals surface area contributed by atoms with Crippen LogP contribution in [0.2, 0.25) is 0 Å². The van der Waals surface area contributed by atoms with Crippen molar-refractivity contribution in [3.8, 4) is 0 Å². The van der Waals surface area contributed by atoms with Crippen LogP contribution in [0.3, 0.4) is 0 Å². The second kappa shape index (κ2) is 4.52. The van der Waals surface area contributed by atoms with Gasteiger partial charge in [0.25, 0.3) is 0 Å². The van der Waals surface area contributed by atoms with Crippen LogP contribution in [0.4, 0.5) is 4.39 Å². The molecule has 88 valence electrons. The monoisotopic (exact) mass is 224 g/mol. The number of ether oxygens (including phenoxy) is 1. The van der Waals surface area contributed by atoms with Crippen LogP contribution < -0.4 is 0 Å². The minimum atomic E-state index is -0.730. The van der Waals surface area contributed by atoms with E-state index in [0.717, 1.165) is 18.4 Å². The number of hydrogen-bond acceptors (Lipinski definition) is 2. The zero-order valence-corrected chi connectivity index (χ0v) is 9.61. The van der Waals surface area contributed by atoms with Gasteiger partial charge in [0.15, 0.2) is 0 Å². The Hall–Kier alpha value is -0.930. The van der Waals surface area contributed by atoms with Crippen molar-refractivity contribution >= 4 is 0 Å². The van der Waals surface area contributed by atoms with Crippen LogP contribution in [0.1, 0.15) is 30.1 Å². The lowest BCUT2D eigenvalue weighted by molar-refractivity contribution is -0.0260. The van der Waals surface area contributed by atoms with Gasteiger partial charge in [0, 0.05) is 7.11 Å². The van der Waals surface area contributed by atoms with Gasteiger partial charge in [-0.3, -0.25) is 0 Å². The largest absolute Gasteiger partial charge is 0.386 e. The van der Waals surface area contributed by atoms with Crippen molar-refractivity contribution in [3.63, 3.8) is 0 Å². The first-order valence-electron chi connectivity index (χ1n) is 5.60. The fourth-order valence-electron chi connectivity index (χ4n) is 2.13. The first kappa shape index (κ1) is 11.6. The summed E-state index contributed by atoms with van der Waals surface area (Å²) in [6.45, 7) is 1.82. The summed E-state index contributed by atoms with van der Waals surface area (Å²) in [6.07, 6.45) is 1.24. The molecule has 0 spiro atoms. The molecule has 1 aliphatic carbocycles. The maximum Gasteiger partial charge on any atom is 0.123 e. The zero-order valence-electron chi connectivity index (χ0n) is 9.61. The van der Waals surface area contributed by atoms with Crippen LogP contribution in [0.15, 0.2) is 18.2 Å². The Balaban J connectivity index is 2.21. The average Bonchev–Trinajstić information content (AvgIpc) is 3.01. The number of aliphatic hydroxyl groups excluding tert-OH is 1. The molecule has 0 radical (unpaired) electrons. The summed E-state index contributed by atoms with van der Waals surface area (Å²) >= 11 is 0. The molecule has 1 fully saturated rings. The predicted molar refractivity (Wildman–Crippen MR) is 59.6 cm³/mol. The Bertz CT molecular complexity index is 354. The van der Waals surface area contributed by atoms with Crippen LogP contribution in [0.25, 0.3) is 0 Å². The molecule has 1 aromatic rings.